The van der Waals surface area contributed by atoms with Crippen molar-refractivity contribution in [2.45, 2.75) is 12.5 Å². The quantitative estimate of drug-likeness (QED) is 0.737. The molecular weight excluding hydrogens is 318 g/mol. The van der Waals surface area contributed by atoms with Gasteiger partial charge in [-0.3, -0.25) is 9.59 Å². The van der Waals surface area contributed by atoms with E-state index in [1.165, 1.54) is 11.3 Å². The van der Waals surface area contributed by atoms with E-state index in [9.17, 15) is 14.7 Å². The first kappa shape index (κ1) is 17.0. The third-order valence-electron chi connectivity index (χ3n) is 4.31. The lowest BCUT2D eigenvalue weighted by Gasteiger charge is -2.15. The molecule has 2 aromatic rings. The molecule has 0 aromatic heterocycles. The van der Waals surface area contributed by atoms with Crippen LogP contribution < -0.4 is 15.5 Å². The van der Waals surface area contributed by atoms with E-state index in [1.807, 2.05) is 31.3 Å². The maximum absolute atomic E-state index is 11.9. The minimum Gasteiger partial charge on any atom is -0.387 e. The van der Waals surface area contributed by atoms with Gasteiger partial charge in [0.05, 0.1) is 6.10 Å². The van der Waals surface area contributed by atoms with Gasteiger partial charge in [-0.05, 0) is 35.7 Å². The fourth-order valence-corrected chi connectivity index (χ4v) is 2.89. The third kappa shape index (κ3) is 3.97. The number of benzene rings is 2. The van der Waals surface area contributed by atoms with Crippen LogP contribution in [0.2, 0.25) is 0 Å². The summed E-state index contributed by atoms with van der Waals surface area (Å²) >= 11 is 0. The Hall–Kier alpha value is -2.86. The molecule has 1 unspecified atom stereocenters. The second-order valence-corrected chi connectivity index (χ2v) is 6.11. The first-order valence-corrected chi connectivity index (χ1v) is 8.21. The molecule has 3 N–H and O–H groups in total. The average molecular weight is 339 g/mol. The standard InChI is InChI=1S/C19H21N3O3/c1-22-10-9-13-11-14(7-8-16(13)22)17(23)12-20-18(24)19(25)21-15-5-3-2-4-6-15/h2-8,11,17,23H,9-10,12H2,1H3,(H,20,24)(H,21,25). The van der Waals surface area contributed by atoms with E-state index in [4.69, 9.17) is 0 Å². The van der Waals surface area contributed by atoms with Crippen molar-refractivity contribution in [3.63, 3.8) is 0 Å². The molecule has 25 heavy (non-hydrogen) atoms. The van der Waals surface area contributed by atoms with E-state index in [2.05, 4.69) is 15.5 Å². The number of nitrogens with zero attached hydrogens (tertiary/aromatic N) is 1. The van der Waals surface area contributed by atoms with Crippen LogP contribution in [0.15, 0.2) is 48.5 Å². The molecule has 0 fully saturated rings. The molecule has 1 aliphatic heterocycles. The zero-order chi connectivity index (χ0) is 17.8. The molecule has 0 bridgehead atoms. The van der Waals surface area contributed by atoms with Gasteiger partial charge in [0.2, 0.25) is 0 Å². The fraction of sp³-hybridized carbons (Fsp3) is 0.263. The molecule has 130 valence electrons. The highest BCUT2D eigenvalue weighted by Crippen LogP contribution is 2.29. The Morgan fingerprint density at radius 3 is 2.68 bits per heavy atom. The van der Waals surface area contributed by atoms with Crippen molar-refractivity contribution in [3.8, 4) is 0 Å². The van der Waals surface area contributed by atoms with Gasteiger partial charge < -0.3 is 20.6 Å². The smallest absolute Gasteiger partial charge is 0.313 e. The number of aliphatic hydroxyl groups is 1. The number of para-hydroxylation sites is 1. The normalized spacial score (nSPS) is 13.9. The van der Waals surface area contributed by atoms with Gasteiger partial charge in [-0.15, -0.1) is 0 Å². The Balaban J connectivity index is 1.54. The lowest BCUT2D eigenvalue weighted by atomic mass is 10.0. The molecule has 6 heteroatoms. The molecule has 1 aliphatic rings. The fourth-order valence-electron chi connectivity index (χ4n) is 2.89. The van der Waals surface area contributed by atoms with Crippen LogP contribution in [0.4, 0.5) is 11.4 Å². The molecule has 1 heterocycles. The van der Waals surface area contributed by atoms with Crippen molar-refractivity contribution in [3.05, 3.63) is 59.7 Å². The predicted molar refractivity (Wildman–Crippen MR) is 96.5 cm³/mol. The molecule has 0 saturated carbocycles. The number of hydrogen-bond donors (Lipinski definition) is 3. The number of aliphatic hydroxyl groups excluding tert-OH is 1. The van der Waals surface area contributed by atoms with Crippen LogP contribution in [-0.2, 0) is 16.0 Å². The summed E-state index contributed by atoms with van der Waals surface area (Å²) in [6.45, 7) is 0.945. The minimum absolute atomic E-state index is 0.0182. The van der Waals surface area contributed by atoms with Crippen LogP contribution in [0.25, 0.3) is 0 Å². The number of carbonyl (C=O) groups is 2. The van der Waals surface area contributed by atoms with Gasteiger partial charge in [0.25, 0.3) is 0 Å². The van der Waals surface area contributed by atoms with Gasteiger partial charge in [0, 0.05) is 31.5 Å². The highest BCUT2D eigenvalue weighted by atomic mass is 16.3. The number of fused-ring (bicyclic) bond motifs is 1. The monoisotopic (exact) mass is 339 g/mol. The lowest BCUT2D eigenvalue weighted by molar-refractivity contribution is -0.136. The van der Waals surface area contributed by atoms with Crippen LogP contribution in [-0.4, -0.2) is 37.1 Å². The highest BCUT2D eigenvalue weighted by molar-refractivity contribution is 6.39. The maximum atomic E-state index is 11.9. The number of nitrogens with one attached hydrogen (secondary N) is 2. The van der Waals surface area contributed by atoms with Gasteiger partial charge in [0.15, 0.2) is 0 Å². The van der Waals surface area contributed by atoms with Gasteiger partial charge in [-0.25, -0.2) is 0 Å². The molecule has 0 spiro atoms. The molecule has 2 amide bonds. The number of carbonyl (C=O) groups excluding carboxylic acids is 2. The largest absolute Gasteiger partial charge is 0.387 e. The summed E-state index contributed by atoms with van der Waals surface area (Å²) in [5.74, 6) is -1.53. The van der Waals surface area contributed by atoms with Crippen molar-refractivity contribution in [1.82, 2.24) is 5.32 Å². The van der Waals surface area contributed by atoms with Crippen molar-refractivity contribution in [1.29, 1.82) is 0 Å². The first-order chi connectivity index (χ1) is 12.0. The summed E-state index contributed by atoms with van der Waals surface area (Å²) in [5.41, 5.74) is 3.64. The Kier molecular flexibility index (Phi) is 5.00. The number of hydrogen-bond acceptors (Lipinski definition) is 4. The minimum atomic E-state index is -0.857. The number of amides is 2. The lowest BCUT2D eigenvalue weighted by Crippen LogP contribution is -2.37. The Morgan fingerprint density at radius 1 is 1.16 bits per heavy atom. The highest BCUT2D eigenvalue weighted by Gasteiger charge is 2.19. The Morgan fingerprint density at radius 2 is 1.92 bits per heavy atom. The zero-order valence-electron chi connectivity index (χ0n) is 14.0. The van der Waals surface area contributed by atoms with E-state index in [0.717, 1.165) is 18.5 Å². The van der Waals surface area contributed by atoms with Crippen molar-refractivity contribution >= 4 is 23.2 Å². The Labute approximate surface area is 146 Å². The van der Waals surface area contributed by atoms with Crippen molar-refractivity contribution in [2.75, 3.05) is 30.4 Å². The summed E-state index contributed by atoms with van der Waals surface area (Å²) in [4.78, 5) is 25.9. The van der Waals surface area contributed by atoms with Crippen LogP contribution >= 0.6 is 0 Å². The summed E-state index contributed by atoms with van der Waals surface area (Å²) in [7, 11) is 2.04. The van der Waals surface area contributed by atoms with E-state index in [1.54, 1.807) is 24.3 Å². The van der Waals surface area contributed by atoms with Gasteiger partial charge >= 0.3 is 11.8 Å². The van der Waals surface area contributed by atoms with Crippen LogP contribution in [0.5, 0.6) is 0 Å². The molecule has 0 saturated heterocycles. The summed E-state index contributed by atoms with van der Waals surface area (Å²) in [6, 6.07) is 14.5. The maximum Gasteiger partial charge on any atom is 0.313 e. The molecule has 1 atom stereocenters. The van der Waals surface area contributed by atoms with E-state index in [0.29, 0.717) is 5.69 Å². The SMILES string of the molecule is CN1CCc2cc(C(O)CNC(=O)C(=O)Nc3ccccc3)ccc21. The second-order valence-electron chi connectivity index (χ2n) is 6.11. The summed E-state index contributed by atoms with van der Waals surface area (Å²) in [6.07, 6.45) is 0.0859. The van der Waals surface area contributed by atoms with E-state index >= 15 is 0 Å². The number of anilines is 2. The molecule has 0 radical (unpaired) electrons. The predicted octanol–water partition coefficient (Wildman–Crippen LogP) is 1.47. The zero-order valence-corrected chi connectivity index (χ0v) is 14.0. The molecular formula is C19H21N3O3. The third-order valence-corrected chi connectivity index (χ3v) is 4.31. The topological polar surface area (TPSA) is 81.7 Å². The van der Waals surface area contributed by atoms with Gasteiger partial charge in [-0.1, -0.05) is 30.3 Å². The van der Waals surface area contributed by atoms with Crippen LogP contribution in [0, 0.1) is 0 Å². The van der Waals surface area contributed by atoms with Gasteiger partial charge in [0.1, 0.15) is 0 Å². The molecule has 0 aliphatic carbocycles. The second kappa shape index (κ2) is 7.36. The first-order valence-electron chi connectivity index (χ1n) is 8.21. The molecule has 6 nitrogen and oxygen atoms in total. The van der Waals surface area contributed by atoms with E-state index < -0.39 is 17.9 Å². The van der Waals surface area contributed by atoms with Crippen molar-refractivity contribution < 1.29 is 14.7 Å². The van der Waals surface area contributed by atoms with Crippen molar-refractivity contribution in [2.24, 2.45) is 0 Å². The van der Waals surface area contributed by atoms with Gasteiger partial charge in [-0.2, -0.15) is 0 Å². The summed E-state index contributed by atoms with van der Waals surface area (Å²) in [5, 5.41) is 15.2. The summed E-state index contributed by atoms with van der Waals surface area (Å²) < 4.78 is 0. The molecule has 3 rings (SSSR count). The van der Waals surface area contributed by atoms with E-state index in [-0.39, 0.29) is 6.54 Å². The Bertz CT molecular complexity index is 777. The number of rotatable bonds is 4. The number of likely N-dealkylation sites (N-methyl/N-ethyl adjacent to an activating group) is 1. The van der Waals surface area contributed by atoms with Crippen LogP contribution in [0.3, 0.4) is 0 Å². The van der Waals surface area contributed by atoms with Crippen LogP contribution in [0.1, 0.15) is 17.2 Å². The molecule has 2 aromatic carbocycles. The average Bonchev–Trinajstić information content (AvgIpc) is 3.00.